The Kier molecular flexibility index (Phi) is 4.52. The molecule has 0 radical (unpaired) electrons. The Morgan fingerprint density at radius 2 is 1.87 bits per heavy atom. The van der Waals surface area contributed by atoms with E-state index in [1.807, 2.05) is 36.7 Å². The Morgan fingerprint density at radius 1 is 1.13 bits per heavy atom. The van der Waals surface area contributed by atoms with Gasteiger partial charge in [0.2, 0.25) is 0 Å². The van der Waals surface area contributed by atoms with Crippen LogP contribution in [0.25, 0.3) is 10.6 Å². The average Bonchev–Trinajstić information content (AvgIpc) is 3.18. The highest BCUT2D eigenvalue weighted by molar-refractivity contribution is 7.94. The molecule has 0 fully saturated rings. The maximum Gasteiger partial charge on any atom is 0.271 e. The molecular formula is C16H16N2O2S3. The predicted octanol–water partition coefficient (Wildman–Crippen LogP) is 4.54. The largest absolute Gasteiger partial charge is 0.279 e. The lowest BCUT2D eigenvalue weighted by molar-refractivity contribution is 0.603. The van der Waals surface area contributed by atoms with E-state index in [0.717, 1.165) is 28.2 Å². The van der Waals surface area contributed by atoms with Gasteiger partial charge in [0.25, 0.3) is 10.0 Å². The number of anilines is 1. The first-order chi connectivity index (χ1) is 11.0. The molecule has 7 heteroatoms. The lowest BCUT2D eigenvalue weighted by Gasteiger charge is -2.06. The SMILES string of the molecule is CCc1csc(-c2csc(S(=O)(=O)Nc3ccc(C)cc3)c2)n1. The summed E-state index contributed by atoms with van der Waals surface area (Å²) in [6.07, 6.45) is 0.876. The van der Waals surface area contributed by atoms with Crippen molar-refractivity contribution in [2.75, 3.05) is 4.72 Å². The molecular weight excluding hydrogens is 348 g/mol. The van der Waals surface area contributed by atoms with E-state index < -0.39 is 10.0 Å². The van der Waals surface area contributed by atoms with E-state index in [-0.39, 0.29) is 0 Å². The topological polar surface area (TPSA) is 59.1 Å². The summed E-state index contributed by atoms with van der Waals surface area (Å²) in [5.74, 6) is 0. The van der Waals surface area contributed by atoms with Crippen LogP contribution in [-0.2, 0) is 16.4 Å². The maximum atomic E-state index is 12.5. The molecule has 4 nitrogen and oxygen atoms in total. The molecule has 0 unspecified atom stereocenters. The van der Waals surface area contributed by atoms with E-state index in [1.54, 1.807) is 18.2 Å². The van der Waals surface area contributed by atoms with Crippen LogP contribution in [0, 0.1) is 6.92 Å². The van der Waals surface area contributed by atoms with Gasteiger partial charge in [0.15, 0.2) is 0 Å². The second-order valence-electron chi connectivity index (χ2n) is 5.12. The van der Waals surface area contributed by atoms with Crippen LogP contribution in [0.3, 0.4) is 0 Å². The molecule has 1 N–H and O–H groups in total. The number of benzene rings is 1. The number of nitrogens with one attached hydrogen (secondary N) is 1. The highest BCUT2D eigenvalue weighted by atomic mass is 32.2. The number of rotatable bonds is 5. The first kappa shape index (κ1) is 16.2. The maximum absolute atomic E-state index is 12.5. The molecule has 2 aromatic heterocycles. The summed E-state index contributed by atoms with van der Waals surface area (Å²) in [5, 5.41) is 4.70. The first-order valence-electron chi connectivity index (χ1n) is 7.11. The first-order valence-corrected chi connectivity index (χ1v) is 10.3. The summed E-state index contributed by atoms with van der Waals surface area (Å²) in [5.41, 5.74) is 3.53. The van der Waals surface area contributed by atoms with Crippen LogP contribution >= 0.6 is 22.7 Å². The summed E-state index contributed by atoms with van der Waals surface area (Å²) in [6, 6.07) is 8.95. The molecule has 0 saturated heterocycles. The minimum atomic E-state index is -3.57. The number of thiazole rings is 1. The lowest BCUT2D eigenvalue weighted by Crippen LogP contribution is -2.11. The second-order valence-corrected chi connectivity index (χ2v) is 8.80. The second kappa shape index (κ2) is 6.43. The Morgan fingerprint density at radius 3 is 2.52 bits per heavy atom. The number of sulfonamides is 1. The fraction of sp³-hybridized carbons (Fsp3) is 0.188. The zero-order chi connectivity index (χ0) is 16.4. The fourth-order valence-corrected chi connectivity index (χ4v) is 5.19. The molecule has 0 amide bonds. The average molecular weight is 365 g/mol. The van der Waals surface area contributed by atoms with Gasteiger partial charge in [0, 0.05) is 22.0 Å². The van der Waals surface area contributed by atoms with Gasteiger partial charge in [0.05, 0.1) is 5.69 Å². The number of nitrogens with zero attached hydrogens (tertiary/aromatic N) is 1. The van der Waals surface area contributed by atoms with Crippen LogP contribution in [0.2, 0.25) is 0 Å². The molecule has 0 atom stereocenters. The predicted molar refractivity (Wildman–Crippen MR) is 96.8 cm³/mol. The molecule has 0 bridgehead atoms. The third-order valence-electron chi connectivity index (χ3n) is 3.30. The zero-order valence-corrected chi connectivity index (χ0v) is 15.2. The molecule has 0 aliphatic heterocycles. The van der Waals surface area contributed by atoms with Crippen molar-refractivity contribution in [3.63, 3.8) is 0 Å². The van der Waals surface area contributed by atoms with Crippen LogP contribution in [0.5, 0.6) is 0 Å². The smallest absolute Gasteiger partial charge is 0.271 e. The van der Waals surface area contributed by atoms with Gasteiger partial charge in [-0.25, -0.2) is 13.4 Å². The van der Waals surface area contributed by atoms with E-state index in [1.165, 1.54) is 22.7 Å². The highest BCUT2D eigenvalue weighted by Crippen LogP contribution is 2.31. The molecule has 3 aromatic rings. The van der Waals surface area contributed by atoms with E-state index in [4.69, 9.17) is 0 Å². The molecule has 1 aromatic carbocycles. The van der Waals surface area contributed by atoms with Gasteiger partial charge >= 0.3 is 0 Å². The van der Waals surface area contributed by atoms with Gasteiger partial charge in [-0.1, -0.05) is 24.6 Å². The van der Waals surface area contributed by atoms with Crippen molar-refractivity contribution in [1.29, 1.82) is 0 Å². The fourth-order valence-electron chi connectivity index (χ4n) is 2.00. The standard InChI is InChI=1S/C16H16N2O2S3/c1-3-13-10-22-16(17-13)12-8-15(21-9-12)23(19,20)18-14-6-4-11(2)5-7-14/h4-10,18H,3H2,1-2H3. The summed E-state index contributed by atoms with van der Waals surface area (Å²) in [4.78, 5) is 4.50. The third-order valence-corrected chi connectivity index (χ3v) is 7.07. The molecule has 120 valence electrons. The van der Waals surface area contributed by atoms with Crippen LogP contribution in [-0.4, -0.2) is 13.4 Å². The van der Waals surface area contributed by atoms with Crippen molar-refractivity contribution >= 4 is 38.4 Å². The zero-order valence-electron chi connectivity index (χ0n) is 12.7. The molecule has 0 saturated carbocycles. The molecule has 0 aliphatic rings. The van der Waals surface area contributed by atoms with E-state index >= 15 is 0 Å². The van der Waals surface area contributed by atoms with Crippen molar-refractivity contribution in [1.82, 2.24) is 4.98 Å². The molecule has 23 heavy (non-hydrogen) atoms. The van der Waals surface area contributed by atoms with E-state index in [0.29, 0.717) is 9.90 Å². The molecule has 0 spiro atoms. The van der Waals surface area contributed by atoms with Crippen LogP contribution in [0.15, 0.2) is 45.3 Å². The van der Waals surface area contributed by atoms with Crippen LogP contribution < -0.4 is 4.72 Å². The highest BCUT2D eigenvalue weighted by Gasteiger charge is 2.18. The summed E-state index contributed by atoms with van der Waals surface area (Å²) >= 11 is 2.74. The van der Waals surface area contributed by atoms with Gasteiger partial charge in [-0.3, -0.25) is 4.72 Å². The number of aromatic nitrogens is 1. The Balaban J connectivity index is 1.84. The van der Waals surface area contributed by atoms with Gasteiger partial charge in [-0.2, -0.15) is 0 Å². The Labute approximate surface area is 143 Å². The van der Waals surface area contributed by atoms with Crippen LogP contribution in [0.4, 0.5) is 5.69 Å². The van der Waals surface area contributed by atoms with Crippen molar-refractivity contribution in [3.05, 3.63) is 52.3 Å². The van der Waals surface area contributed by atoms with Gasteiger partial charge < -0.3 is 0 Å². The van der Waals surface area contributed by atoms with Gasteiger partial charge in [0.1, 0.15) is 9.22 Å². The number of hydrogen-bond donors (Lipinski definition) is 1. The van der Waals surface area contributed by atoms with Gasteiger partial charge in [-0.15, -0.1) is 22.7 Å². The van der Waals surface area contributed by atoms with E-state index in [2.05, 4.69) is 9.71 Å². The molecule has 3 rings (SSSR count). The summed E-state index contributed by atoms with van der Waals surface area (Å²) in [7, 11) is -3.57. The van der Waals surface area contributed by atoms with Gasteiger partial charge in [-0.05, 0) is 31.5 Å². The Bertz CT molecular complexity index is 909. The minimum absolute atomic E-state index is 0.293. The minimum Gasteiger partial charge on any atom is -0.279 e. The monoisotopic (exact) mass is 364 g/mol. The van der Waals surface area contributed by atoms with Crippen molar-refractivity contribution in [2.45, 2.75) is 24.5 Å². The van der Waals surface area contributed by atoms with Crippen molar-refractivity contribution < 1.29 is 8.42 Å². The van der Waals surface area contributed by atoms with E-state index in [9.17, 15) is 8.42 Å². The summed E-state index contributed by atoms with van der Waals surface area (Å²) < 4.78 is 27.9. The van der Waals surface area contributed by atoms with Crippen molar-refractivity contribution in [2.24, 2.45) is 0 Å². The van der Waals surface area contributed by atoms with Crippen LogP contribution in [0.1, 0.15) is 18.2 Å². The normalized spacial score (nSPS) is 11.6. The number of thiophene rings is 1. The number of aryl methyl sites for hydroxylation is 2. The quantitative estimate of drug-likeness (QED) is 0.723. The molecule has 2 heterocycles. The Hall–Kier alpha value is -1.70. The number of hydrogen-bond acceptors (Lipinski definition) is 5. The van der Waals surface area contributed by atoms with Crippen molar-refractivity contribution in [3.8, 4) is 10.6 Å². The lowest BCUT2D eigenvalue weighted by atomic mass is 10.2. The molecule has 0 aliphatic carbocycles. The summed E-state index contributed by atoms with van der Waals surface area (Å²) in [6.45, 7) is 4.01. The third kappa shape index (κ3) is 3.63.